The Morgan fingerprint density at radius 1 is 0.615 bits per heavy atom. The Bertz CT molecular complexity index is 560. The predicted octanol–water partition coefficient (Wildman–Crippen LogP) is 8.25. The lowest BCUT2D eigenvalue weighted by atomic mass is 9.32. The maximum atomic E-state index is 2.77. The van der Waals surface area contributed by atoms with Crippen LogP contribution in [-0.4, -0.2) is 0 Å². The van der Waals surface area contributed by atoms with Crippen molar-refractivity contribution in [2.24, 2.45) is 44.8 Å². The Kier molecular flexibility index (Phi) is 4.28. The summed E-state index contributed by atoms with van der Waals surface area (Å²) in [5.74, 6) is 2.89. The van der Waals surface area contributed by atoms with Crippen molar-refractivity contribution >= 4 is 0 Å². The molecular formula is C26H46. The summed E-state index contributed by atoms with van der Waals surface area (Å²) in [6, 6.07) is 0. The lowest BCUT2D eigenvalue weighted by molar-refractivity contribution is -0.234. The fourth-order valence-corrected chi connectivity index (χ4v) is 10.1. The van der Waals surface area contributed by atoms with Gasteiger partial charge in [-0.05, 0) is 96.2 Å². The average molecular weight is 359 g/mol. The van der Waals surface area contributed by atoms with E-state index in [1.54, 1.807) is 0 Å². The summed E-state index contributed by atoms with van der Waals surface area (Å²) < 4.78 is 0. The molecule has 0 amide bonds. The highest BCUT2D eigenvalue weighted by Crippen LogP contribution is 2.75. The van der Waals surface area contributed by atoms with Gasteiger partial charge in [0.05, 0.1) is 0 Å². The fraction of sp³-hybridized carbons (Fsp3) is 1.00. The molecule has 7 unspecified atom stereocenters. The molecule has 0 aromatic rings. The largest absolute Gasteiger partial charge is 0.0649 e. The van der Waals surface area contributed by atoms with Crippen molar-refractivity contribution in [2.75, 3.05) is 0 Å². The van der Waals surface area contributed by atoms with Crippen LogP contribution in [0.4, 0.5) is 0 Å². The van der Waals surface area contributed by atoms with Gasteiger partial charge in [0.2, 0.25) is 0 Å². The first-order valence-corrected chi connectivity index (χ1v) is 12.0. The summed E-state index contributed by atoms with van der Waals surface area (Å²) in [7, 11) is 0. The third kappa shape index (κ3) is 2.26. The van der Waals surface area contributed by atoms with Crippen LogP contribution in [0, 0.1) is 44.8 Å². The summed E-state index contributed by atoms with van der Waals surface area (Å²) in [5, 5.41) is 0. The van der Waals surface area contributed by atoms with E-state index in [1.807, 2.05) is 0 Å². The van der Waals surface area contributed by atoms with Gasteiger partial charge in [0, 0.05) is 0 Å². The first-order valence-electron chi connectivity index (χ1n) is 12.0. The van der Waals surface area contributed by atoms with E-state index in [9.17, 15) is 0 Å². The zero-order valence-electron chi connectivity index (χ0n) is 19.0. The van der Waals surface area contributed by atoms with Crippen molar-refractivity contribution in [3.05, 3.63) is 0 Å². The second-order valence-electron chi connectivity index (χ2n) is 12.8. The van der Waals surface area contributed by atoms with Crippen LogP contribution < -0.4 is 0 Å². The van der Waals surface area contributed by atoms with Gasteiger partial charge in [-0.25, -0.2) is 0 Å². The van der Waals surface area contributed by atoms with E-state index < -0.39 is 0 Å². The topological polar surface area (TPSA) is 0 Å². The van der Waals surface area contributed by atoms with E-state index in [-0.39, 0.29) is 0 Å². The van der Waals surface area contributed by atoms with E-state index in [1.165, 1.54) is 70.6 Å². The Morgan fingerprint density at radius 2 is 1.23 bits per heavy atom. The van der Waals surface area contributed by atoms with Gasteiger partial charge in [0.1, 0.15) is 0 Å². The maximum absolute atomic E-state index is 2.77. The molecule has 0 aromatic carbocycles. The Labute approximate surface area is 164 Å². The van der Waals surface area contributed by atoms with Crippen LogP contribution >= 0.6 is 0 Å². The first-order chi connectivity index (χ1) is 12.0. The molecule has 0 N–H and O–H groups in total. The fourth-order valence-electron chi connectivity index (χ4n) is 10.1. The zero-order chi connectivity index (χ0) is 19.0. The normalized spacial score (nSPS) is 56.2. The van der Waals surface area contributed by atoms with Crippen molar-refractivity contribution in [3.8, 4) is 0 Å². The second kappa shape index (κ2) is 5.76. The lowest BCUT2D eigenvalue weighted by Crippen LogP contribution is -2.65. The smallest absolute Gasteiger partial charge is 0.0235 e. The highest BCUT2D eigenvalue weighted by atomic mass is 14.7. The Balaban J connectivity index is 1.76. The Hall–Kier alpha value is 0. The molecule has 0 nitrogen and oxygen atoms in total. The van der Waals surface area contributed by atoms with E-state index >= 15 is 0 Å². The molecule has 0 saturated heterocycles. The van der Waals surface area contributed by atoms with Crippen LogP contribution in [0.2, 0.25) is 0 Å². The molecule has 0 aromatic heterocycles. The van der Waals surface area contributed by atoms with Crippen LogP contribution in [0.5, 0.6) is 0 Å². The van der Waals surface area contributed by atoms with Gasteiger partial charge in [0.15, 0.2) is 0 Å². The molecule has 4 aliphatic carbocycles. The van der Waals surface area contributed by atoms with Gasteiger partial charge in [0.25, 0.3) is 0 Å². The van der Waals surface area contributed by atoms with Crippen molar-refractivity contribution in [2.45, 2.75) is 119 Å². The van der Waals surface area contributed by atoms with Crippen LogP contribution in [-0.2, 0) is 0 Å². The van der Waals surface area contributed by atoms with Crippen molar-refractivity contribution in [3.63, 3.8) is 0 Å². The third-order valence-corrected chi connectivity index (χ3v) is 11.7. The monoisotopic (exact) mass is 358 g/mol. The third-order valence-electron chi connectivity index (χ3n) is 11.7. The molecule has 0 heterocycles. The van der Waals surface area contributed by atoms with Gasteiger partial charge in [-0.2, -0.15) is 0 Å². The van der Waals surface area contributed by atoms with Gasteiger partial charge in [-0.3, -0.25) is 0 Å². The lowest BCUT2D eigenvalue weighted by Gasteiger charge is -2.72. The van der Waals surface area contributed by atoms with Crippen LogP contribution in [0.25, 0.3) is 0 Å². The zero-order valence-corrected chi connectivity index (χ0v) is 19.0. The summed E-state index contributed by atoms with van der Waals surface area (Å²) in [5.41, 5.74) is 2.92. The number of hydrogen-bond donors (Lipinski definition) is 0. The number of rotatable bonds is 1. The highest BCUT2D eigenvalue weighted by Gasteiger charge is 2.67. The molecule has 0 spiro atoms. The molecule has 0 heteroatoms. The summed E-state index contributed by atoms with van der Waals surface area (Å²) in [6.07, 6.45) is 16.3. The highest BCUT2D eigenvalue weighted by molar-refractivity contribution is 5.16. The first kappa shape index (κ1) is 19.3. The van der Waals surface area contributed by atoms with E-state index in [0.717, 1.165) is 17.8 Å². The van der Waals surface area contributed by atoms with Crippen LogP contribution in [0.15, 0.2) is 0 Å². The minimum absolute atomic E-state index is 0.566. The molecule has 26 heavy (non-hydrogen) atoms. The molecule has 0 radical (unpaired) electrons. The minimum atomic E-state index is 0.566. The number of fused-ring (bicyclic) bond motifs is 5. The minimum Gasteiger partial charge on any atom is -0.0649 e. The number of hydrogen-bond acceptors (Lipinski definition) is 0. The van der Waals surface area contributed by atoms with Gasteiger partial charge >= 0.3 is 0 Å². The van der Waals surface area contributed by atoms with E-state index in [0.29, 0.717) is 27.1 Å². The molecule has 4 saturated carbocycles. The molecule has 7 atom stereocenters. The molecule has 4 aliphatic rings. The summed E-state index contributed by atoms with van der Waals surface area (Å²) in [4.78, 5) is 0. The molecule has 0 aliphatic heterocycles. The second-order valence-corrected chi connectivity index (χ2v) is 12.8. The maximum Gasteiger partial charge on any atom is -0.0235 e. The van der Waals surface area contributed by atoms with E-state index in [4.69, 9.17) is 0 Å². The molecular weight excluding hydrogens is 312 g/mol. The SMILES string of the molecule is CCC1(C)CCCC2(C)C1CCC1C3(C)CCCC(C)(C)C3CCC12C. The standard InChI is InChI=1S/C26H46/c1-8-23(4)15-10-17-25(6)20(23)11-12-21-24(5)16-9-14-22(2,3)19(24)13-18-26(21,25)7/h19-21H,8-18H2,1-7H3. The molecule has 0 bridgehead atoms. The van der Waals surface area contributed by atoms with Crippen molar-refractivity contribution in [1.29, 1.82) is 0 Å². The van der Waals surface area contributed by atoms with Gasteiger partial charge in [-0.1, -0.05) is 67.7 Å². The van der Waals surface area contributed by atoms with Gasteiger partial charge in [-0.15, -0.1) is 0 Å². The van der Waals surface area contributed by atoms with Crippen LogP contribution in [0.3, 0.4) is 0 Å². The van der Waals surface area contributed by atoms with E-state index in [2.05, 4.69) is 48.5 Å². The van der Waals surface area contributed by atoms with Crippen molar-refractivity contribution < 1.29 is 0 Å². The van der Waals surface area contributed by atoms with Crippen molar-refractivity contribution in [1.82, 2.24) is 0 Å². The average Bonchev–Trinajstić information content (AvgIpc) is 2.55. The molecule has 4 rings (SSSR count). The molecule has 4 fully saturated rings. The Morgan fingerprint density at radius 3 is 1.92 bits per heavy atom. The quantitative estimate of drug-likeness (QED) is 0.442. The predicted molar refractivity (Wildman–Crippen MR) is 113 cm³/mol. The summed E-state index contributed by atoms with van der Waals surface area (Å²) in [6.45, 7) is 18.6. The molecule has 150 valence electrons. The summed E-state index contributed by atoms with van der Waals surface area (Å²) >= 11 is 0. The van der Waals surface area contributed by atoms with Gasteiger partial charge < -0.3 is 0 Å². The van der Waals surface area contributed by atoms with Crippen LogP contribution in [0.1, 0.15) is 119 Å².